The number of hydrogen-bond donors (Lipinski definition) is 1. The summed E-state index contributed by atoms with van der Waals surface area (Å²) in [5.41, 5.74) is 1.41. The van der Waals surface area contributed by atoms with E-state index in [1.807, 2.05) is 26.8 Å². The van der Waals surface area contributed by atoms with Gasteiger partial charge in [0.15, 0.2) is 5.82 Å². The van der Waals surface area contributed by atoms with E-state index in [4.69, 9.17) is 0 Å². The van der Waals surface area contributed by atoms with E-state index in [9.17, 15) is 18.4 Å². The highest BCUT2D eigenvalue weighted by molar-refractivity contribution is 6.01. The zero-order valence-electron chi connectivity index (χ0n) is 16.0. The lowest BCUT2D eigenvalue weighted by atomic mass is 9.85. The Labute approximate surface area is 163 Å². The number of rotatable bonds is 3. The molecule has 1 fully saturated rings. The molecule has 1 N–H and O–H groups in total. The van der Waals surface area contributed by atoms with E-state index in [0.717, 1.165) is 23.5 Å². The lowest BCUT2D eigenvalue weighted by Crippen LogP contribution is -2.47. The van der Waals surface area contributed by atoms with Crippen LogP contribution in [0.15, 0.2) is 30.6 Å². The predicted molar refractivity (Wildman–Crippen MR) is 102 cm³/mol. The first-order valence-electron chi connectivity index (χ1n) is 9.21. The van der Waals surface area contributed by atoms with Crippen molar-refractivity contribution in [1.29, 1.82) is 0 Å². The molecule has 2 aromatic rings. The van der Waals surface area contributed by atoms with Gasteiger partial charge in [-0.1, -0.05) is 31.5 Å². The van der Waals surface area contributed by atoms with Crippen molar-refractivity contribution in [3.8, 4) is 0 Å². The molecule has 1 aliphatic heterocycles. The van der Waals surface area contributed by atoms with Crippen molar-refractivity contribution < 1.29 is 19.8 Å². The Balaban J connectivity index is 0.000000970. The maximum absolute atomic E-state index is 14.2. The highest BCUT2D eigenvalue weighted by atomic mass is 19.1. The normalized spacial score (nSPS) is 22.2. The van der Waals surface area contributed by atoms with Gasteiger partial charge in [0.25, 0.3) is 5.91 Å². The highest BCUT2D eigenvalue weighted by Crippen LogP contribution is 2.54. The van der Waals surface area contributed by atoms with Crippen LogP contribution in [0.5, 0.6) is 0 Å². The van der Waals surface area contributed by atoms with Gasteiger partial charge in [0.05, 0.1) is 12.4 Å². The number of anilines is 1. The van der Waals surface area contributed by atoms with Gasteiger partial charge in [-0.2, -0.15) is 0 Å². The van der Waals surface area contributed by atoms with Gasteiger partial charge in [0.1, 0.15) is 12.7 Å². The summed E-state index contributed by atoms with van der Waals surface area (Å²) in [6, 6.07) is 5.35. The maximum atomic E-state index is 14.2. The number of halogens is 2. The number of aromatic nitrogens is 2. The molecule has 2 amide bonds. The van der Waals surface area contributed by atoms with E-state index < -0.39 is 23.3 Å². The first-order valence-corrected chi connectivity index (χ1v) is 9.21. The summed E-state index contributed by atoms with van der Waals surface area (Å²) in [5.74, 6) is -1.50. The van der Waals surface area contributed by atoms with Crippen LogP contribution in [0.25, 0.3) is 0 Å². The zero-order valence-corrected chi connectivity index (χ0v) is 16.0. The highest BCUT2D eigenvalue weighted by Gasteiger charge is 2.61. The van der Waals surface area contributed by atoms with Gasteiger partial charge in [-0.15, -0.1) is 0 Å². The average molecular weight is 390 g/mol. The quantitative estimate of drug-likeness (QED) is 0.873. The molecule has 4 rings (SSSR count). The van der Waals surface area contributed by atoms with Crippen LogP contribution in [0.4, 0.5) is 14.7 Å². The van der Waals surface area contributed by atoms with Gasteiger partial charge in [-0.25, -0.2) is 18.7 Å². The van der Waals surface area contributed by atoms with E-state index in [1.54, 1.807) is 12.1 Å². The standard InChI is InChI=1S/C18H16F2N4O2.C2H6.H2/c1-10-2-3-12-13(4-10)18(5-14(18)20)9-24(16(12)26)8-15(25)23-17-21-6-11(19)7-22-17;1-2;/h2-4,6-7,14H,5,8-9H2,1H3,(H,21,22,23,25);1-2H3;1H/t14-,18+;;/m0../s1. The van der Waals surface area contributed by atoms with E-state index in [1.165, 1.54) is 4.90 Å². The van der Waals surface area contributed by atoms with Crippen molar-refractivity contribution in [2.45, 2.75) is 38.8 Å². The second-order valence-electron chi connectivity index (χ2n) is 6.81. The molecular formula is C20H24F2N4O2. The molecule has 1 aromatic carbocycles. The van der Waals surface area contributed by atoms with Gasteiger partial charge in [0.2, 0.25) is 11.9 Å². The molecule has 6 nitrogen and oxygen atoms in total. The molecule has 8 heteroatoms. The maximum Gasteiger partial charge on any atom is 0.254 e. The number of carbonyl (C=O) groups is 2. The summed E-state index contributed by atoms with van der Waals surface area (Å²) in [5, 5.41) is 2.41. The van der Waals surface area contributed by atoms with E-state index in [0.29, 0.717) is 12.0 Å². The number of aryl methyl sites for hydroxylation is 1. The van der Waals surface area contributed by atoms with E-state index in [-0.39, 0.29) is 26.4 Å². The Kier molecular flexibility index (Phi) is 5.40. The third-order valence-corrected chi connectivity index (χ3v) is 4.89. The van der Waals surface area contributed by atoms with Crippen molar-refractivity contribution in [3.63, 3.8) is 0 Å². The van der Waals surface area contributed by atoms with Gasteiger partial charge >= 0.3 is 0 Å². The van der Waals surface area contributed by atoms with Crippen LogP contribution in [-0.4, -0.2) is 45.9 Å². The number of amides is 2. The van der Waals surface area contributed by atoms with Crippen LogP contribution < -0.4 is 5.32 Å². The van der Waals surface area contributed by atoms with Gasteiger partial charge in [0, 0.05) is 18.9 Å². The van der Waals surface area contributed by atoms with Gasteiger partial charge in [-0.05, 0) is 25.0 Å². The van der Waals surface area contributed by atoms with Crippen molar-refractivity contribution in [1.82, 2.24) is 14.9 Å². The smallest absolute Gasteiger partial charge is 0.254 e. The number of fused-ring (bicyclic) bond motifs is 2. The molecule has 2 aliphatic rings. The number of hydrogen-bond acceptors (Lipinski definition) is 4. The average Bonchev–Trinajstić information content (AvgIpc) is 3.33. The largest absolute Gasteiger partial charge is 0.328 e. The first kappa shape index (κ1) is 19.9. The van der Waals surface area contributed by atoms with Crippen LogP contribution in [0.3, 0.4) is 0 Å². The molecule has 0 saturated heterocycles. The monoisotopic (exact) mass is 390 g/mol. The fourth-order valence-electron chi connectivity index (χ4n) is 3.47. The SMILES string of the molecule is CC.Cc1ccc2c(c1)[C@@]1(C[C@@H]1F)CN(CC(=O)Nc1ncc(F)cn1)C2=O.[HH]. The van der Waals surface area contributed by atoms with Crippen LogP contribution in [0.2, 0.25) is 0 Å². The van der Waals surface area contributed by atoms with Crippen molar-refractivity contribution in [2.75, 3.05) is 18.4 Å². The molecular weight excluding hydrogens is 366 g/mol. The Morgan fingerprint density at radius 3 is 2.61 bits per heavy atom. The fraction of sp³-hybridized carbons (Fsp3) is 0.400. The number of alkyl halides is 1. The minimum absolute atomic E-state index is 0. The third kappa shape index (κ3) is 3.58. The molecule has 1 aromatic heterocycles. The molecule has 2 atom stereocenters. The molecule has 150 valence electrons. The first-order chi connectivity index (χ1) is 13.4. The van der Waals surface area contributed by atoms with Crippen LogP contribution >= 0.6 is 0 Å². The molecule has 2 heterocycles. The third-order valence-electron chi connectivity index (χ3n) is 4.89. The summed E-state index contributed by atoms with van der Waals surface area (Å²) in [4.78, 5) is 33.6. The summed E-state index contributed by atoms with van der Waals surface area (Å²) >= 11 is 0. The number of carbonyl (C=O) groups excluding carboxylic acids is 2. The Hall–Kier alpha value is -2.90. The lowest BCUT2D eigenvalue weighted by Gasteiger charge is -2.34. The summed E-state index contributed by atoms with van der Waals surface area (Å²) in [6.07, 6.45) is 1.18. The van der Waals surface area contributed by atoms with Gasteiger partial charge < -0.3 is 4.90 Å². The Morgan fingerprint density at radius 1 is 1.36 bits per heavy atom. The lowest BCUT2D eigenvalue weighted by molar-refractivity contribution is -0.117. The van der Waals surface area contributed by atoms with Crippen molar-refractivity contribution in [3.05, 3.63) is 53.1 Å². The second-order valence-corrected chi connectivity index (χ2v) is 6.81. The number of nitrogens with zero attached hydrogens (tertiary/aromatic N) is 3. The van der Waals surface area contributed by atoms with Crippen LogP contribution in [0.1, 0.15) is 43.2 Å². The Bertz CT molecular complexity index is 910. The molecule has 0 bridgehead atoms. The Morgan fingerprint density at radius 2 is 2.00 bits per heavy atom. The minimum Gasteiger partial charge on any atom is -0.328 e. The summed E-state index contributed by atoms with van der Waals surface area (Å²) in [6.45, 7) is 5.80. The second kappa shape index (κ2) is 7.61. The van der Waals surface area contributed by atoms with Crippen molar-refractivity contribution >= 4 is 17.8 Å². The van der Waals surface area contributed by atoms with Crippen LogP contribution in [0, 0.1) is 12.7 Å². The van der Waals surface area contributed by atoms with E-state index in [2.05, 4.69) is 15.3 Å². The van der Waals surface area contributed by atoms with E-state index >= 15 is 0 Å². The van der Waals surface area contributed by atoms with Crippen LogP contribution in [-0.2, 0) is 10.2 Å². The molecule has 1 spiro atoms. The molecule has 1 saturated carbocycles. The summed E-state index contributed by atoms with van der Waals surface area (Å²) in [7, 11) is 0. The topological polar surface area (TPSA) is 75.2 Å². The minimum atomic E-state index is -1.03. The zero-order chi connectivity index (χ0) is 20.5. The summed E-state index contributed by atoms with van der Waals surface area (Å²) < 4.78 is 27.0. The van der Waals surface area contributed by atoms with Crippen molar-refractivity contribution in [2.24, 2.45) is 0 Å². The molecule has 1 aliphatic carbocycles. The predicted octanol–water partition coefficient (Wildman–Crippen LogP) is 3.27. The van der Waals surface area contributed by atoms with Gasteiger partial charge in [-0.3, -0.25) is 14.9 Å². The molecule has 0 unspecified atom stereocenters. The number of benzene rings is 1. The molecule has 28 heavy (non-hydrogen) atoms. The number of nitrogens with one attached hydrogen (secondary N) is 1. The molecule has 0 radical (unpaired) electrons. The fourth-order valence-corrected chi connectivity index (χ4v) is 3.47.